The van der Waals surface area contributed by atoms with Gasteiger partial charge >= 0.3 is 0 Å². The number of rotatable bonds is 5. The molecule has 1 aliphatic rings. The zero-order valence-electron chi connectivity index (χ0n) is 21.5. The molecular formula is C32H23N5O3. The average molecular weight is 526 g/mol. The quantitative estimate of drug-likeness (QED) is 0.329. The van der Waals surface area contributed by atoms with Gasteiger partial charge in [-0.05, 0) is 55.0 Å². The Morgan fingerprint density at radius 1 is 0.800 bits per heavy atom. The van der Waals surface area contributed by atoms with Gasteiger partial charge in [0.05, 0.1) is 16.6 Å². The zero-order chi connectivity index (χ0) is 27.6. The number of carbonyl (C=O) groups excluding carboxylic acids is 2. The summed E-state index contributed by atoms with van der Waals surface area (Å²) in [4.78, 5) is 50.2. The molecular weight excluding hydrogens is 502 g/mol. The van der Waals surface area contributed by atoms with Gasteiger partial charge in [-0.25, -0.2) is 14.7 Å². The molecule has 0 saturated heterocycles. The Morgan fingerprint density at radius 2 is 1.45 bits per heavy atom. The summed E-state index contributed by atoms with van der Waals surface area (Å²) in [6, 6.07) is 32.5. The van der Waals surface area contributed by atoms with Gasteiger partial charge in [0.2, 0.25) is 0 Å². The highest BCUT2D eigenvalue weighted by Gasteiger charge is 2.32. The predicted octanol–water partition coefficient (Wildman–Crippen LogP) is 4.92. The number of nitrogens with zero attached hydrogens (tertiary/aromatic N) is 4. The van der Waals surface area contributed by atoms with Gasteiger partial charge in [0, 0.05) is 11.1 Å². The van der Waals surface area contributed by atoms with E-state index in [1.807, 2.05) is 60.7 Å². The molecule has 5 aromatic rings. The van der Waals surface area contributed by atoms with Crippen LogP contribution in [0.1, 0.15) is 27.3 Å². The van der Waals surface area contributed by atoms with Crippen LogP contribution in [0.3, 0.4) is 0 Å². The Balaban J connectivity index is 1.31. The monoisotopic (exact) mass is 525 g/mol. The molecule has 0 atom stereocenters. The fraction of sp³-hybridized carbons (Fsp3) is 0.0312. The van der Waals surface area contributed by atoms with E-state index in [4.69, 9.17) is 0 Å². The molecule has 0 saturated carbocycles. The molecule has 1 N–H and O–H groups in total. The number of amides is 2. The lowest BCUT2D eigenvalue weighted by atomic mass is 10.1. The Hall–Kier alpha value is -5.63. The number of anilines is 1. The molecule has 2 heterocycles. The lowest BCUT2D eigenvalue weighted by molar-refractivity contribution is -0.113. The number of para-hydroxylation sites is 1. The van der Waals surface area contributed by atoms with Crippen molar-refractivity contribution in [1.29, 1.82) is 0 Å². The Kier molecular flexibility index (Phi) is 6.34. The maximum absolute atomic E-state index is 13.6. The number of aromatic nitrogens is 2. The van der Waals surface area contributed by atoms with Gasteiger partial charge < -0.3 is 0 Å². The molecule has 0 unspecified atom stereocenters. The van der Waals surface area contributed by atoms with E-state index in [-0.39, 0.29) is 11.5 Å². The van der Waals surface area contributed by atoms with Crippen molar-refractivity contribution < 1.29 is 9.59 Å². The van der Waals surface area contributed by atoms with E-state index in [1.165, 1.54) is 4.90 Å². The smallest absolute Gasteiger partial charge is 0.267 e. The fourth-order valence-corrected chi connectivity index (χ4v) is 4.55. The minimum absolute atomic E-state index is 0.274. The molecule has 0 radical (unpaired) electrons. The number of benzene rings is 4. The predicted molar refractivity (Wildman–Crippen MR) is 156 cm³/mol. The highest BCUT2D eigenvalue weighted by atomic mass is 16.2. The number of aliphatic imine (C=N–C) groups is 1. The van der Waals surface area contributed by atoms with Crippen LogP contribution in [0.5, 0.6) is 0 Å². The maximum Gasteiger partial charge on any atom is 0.282 e. The SMILES string of the molecule is Cc1nc2ccccc2c(=O)n1NC(=O)c1ccc(N2C(=O)/C(=C/c3ccccc3)N=C2c2ccccc2)cc1. The lowest BCUT2D eigenvalue weighted by Crippen LogP contribution is -2.35. The fourth-order valence-electron chi connectivity index (χ4n) is 4.55. The van der Waals surface area contributed by atoms with Gasteiger partial charge in [-0.2, -0.15) is 0 Å². The minimum Gasteiger partial charge on any atom is -0.267 e. The second-order valence-electron chi connectivity index (χ2n) is 9.19. The van der Waals surface area contributed by atoms with Crippen molar-refractivity contribution >= 4 is 40.3 Å². The van der Waals surface area contributed by atoms with Crippen LogP contribution in [0.15, 0.2) is 125 Å². The van der Waals surface area contributed by atoms with E-state index in [1.54, 1.807) is 61.5 Å². The zero-order valence-corrected chi connectivity index (χ0v) is 21.5. The second kappa shape index (κ2) is 10.3. The van der Waals surface area contributed by atoms with Gasteiger partial charge in [-0.1, -0.05) is 72.8 Å². The van der Waals surface area contributed by atoms with Crippen LogP contribution in [0.2, 0.25) is 0 Å². The molecule has 6 rings (SSSR count). The first-order valence-corrected chi connectivity index (χ1v) is 12.6. The van der Waals surface area contributed by atoms with Crippen molar-refractivity contribution in [3.05, 3.63) is 148 Å². The lowest BCUT2D eigenvalue weighted by Gasteiger charge is -2.19. The molecule has 1 aromatic heterocycles. The minimum atomic E-state index is -0.483. The summed E-state index contributed by atoms with van der Waals surface area (Å²) in [5.74, 6) is 0.0969. The topological polar surface area (TPSA) is 96.7 Å². The third-order valence-electron chi connectivity index (χ3n) is 6.54. The second-order valence-corrected chi connectivity index (χ2v) is 9.19. The van der Waals surface area contributed by atoms with Gasteiger partial charge in [-0.3, -0.25) is 24.7 Å². The van der Waals surface area contributed by atoms with Crippen molar-refractivity contribution in [2.24, 2.45) is 4.99 Å². The molecule has 8 heteroatoms. The summed E-state index contributed by atoms with van der Waals surface area (Å²) in [5.41, 5.74) is 5.67. The largest absolute Gasteiger partial charge is 0.282 e. The standard InChI is InChI=1S/C32H23N5O3/c1-21-33-27-15-9-8-14-26(27)31(39)37(21)35-30(38)24-16-18-25(19-17-24)36-29(23-12-6-3-7-13-23)34-28(32(36)40)20-22-10-4-2-5-11-22/h2-20H,1H3,(H,35,38)/b28-20-. The van der Waals surface area contributed by atoms with E-state index in [0.29, 0.717) is 39.5 Å². The Bertz CT molecular complexity index is 1880. The number of hydrogen-bond donors (Lipinski definition) is 1. The Labute approximate surface area is 229 Å². The van der Waals surface area contributed by atoms with Crippen molar-refractivity contribution in [2.45, 2.75) is 6.92 Å². The molecule has 8 nitrogen and oxygen atoms in total. The van der Waals surface area contributed by atoms with Crippen molar-refractivity contribution in [1.82, 2.24) is 9.66 Å². The van der Waals surface area contributed by atoms with Gasteiger partial charge in [0.25, 0.3) is 17.4 Å². The number of amidine groups is 1. The first-order valence-electron chi connectivity index (χ1n) is 12.6. The van der Waals surface area contributed by atoms with E-state index in [9.17, 15) is 14.4 Å². The van der Waals surface area contributed by atoms with Crippen LogP contribution in [0.4, 0.5) is 5.69 Å². The molecule has 0 spiro atoms. The van der Waals surface area contributed by atoms with Crippen molar-refractivity contribution in [3.63, 3.8) is 0 Å². The molecule has 1 aliphatic heterocycles. The third kappa shape index (κ3) is 4.58. The van der Waals surface area contributed by atoms with Crippen LogP contribution in [-0.4, -0.2) is 27.3 Å². The average Bonchev–Trinajstić information content (AvgIpc) is 3.31. The normalized spacial score (nSPS) is 14.0. The van der Waals surface area contributed by atoms with Gasteiger partial charge in [0.1, 0.15) is 17.4 Å². The number of fused-ring (bicyclic) bond motifs is 1. The van der Waals surface area contributed by atoms with Crippen LogP contribution in [0.25, 0.3) is 17.0 Å². The van der Waals surface area contributed by atoms with Crippen LogP contribution in [0, 0.1) is 6.92 Å². The summed E-state index contributed by atoms with van der Waals surface area (Å²) >= 11 is 0. The van der Waals surface area contributed by atoms with Gasteiger partial charge in [0.15, 0.2) is 0 Å². The van der Waals surface area contributed by atoms with E-state index in [2.05, 4.69) is 15.4 Å². The van der Waals surface area contributed by atoms with Crippen LogP contribution in [-0.2, 0) is 4.79 Å². The number of nitrogens with one attached hydrogen (secondary N) is 1. The number of aryl methyl sites for hydroxylation is 1. The highest BCUT2D eigenvalue weighted by Crippen LogP contribution is 2.28. The van der Waals surface area contributed by atoms with E-state index < -0.39 is 5.91 Å². The summed E-state index contributed by atoms with van der Waals surface area (Å²) in [7, 11) is 0. The first-order chi connectivity index (χ1) is 19.5. The number of hydrogen-bond acceptors (Lipinski definition) is 5. The molecule has 194 valence electrons. The summed E-state index contributed by atoms with van der Waals surface area (Å²) in [6.07, 6.45) is 1.75. The molecule has 0 aliphatic carbocycles. The first kappa shape index (κ1) is 24.7. The molecule has 40 heavy (non-hydrogen) atoms. The molecule has 2 amide bonds. The molecule has 0 fully saturated rings. The van der Waals surface area contributed by atoms with Gasteiger partial charge in [-0.15, -0.1) is 0 Å². The molecule has 4 aromatic carbocycles. The third-order valence-corrected chi connectivity index (χ3v) is 6.54. The summed E-state index contributed by atoms with van der Waals surface area (Å²) < 4.78 is 1.14. The van der Waals surface area contributed by atoms with Crippen molar-refractivity contribution in [3.8, 4) is 0 Å². The Morgan fingerprint density at radius 3 is 2.17 bits per heavy atom. The summed E-state index contributed by atoms with van der Waals surface area (Å²) in [6.45, 7) is 1.65. The molecule has 0 bridgehead atoms. The maximum atomic E-state index is 13.6. The summed E-state index contributed by atoms with van der Waals surface area (Å²) in [5, 5.41) is 0.406. The van der Waals surface area contributed by atoms with Crippen molar-refractivity contribution in [2.75, 3.05) is 10.3 Å². The number of carbonyl (C=O) groups is 2. The van der Waals surface area contributed by atoms with E-state index in [0.717, 1.165) is 15.8 Å². The van der Waals surface area contributed by atoms with Crippen LogP contribution < -0.4 is 15.9 Å². The van der Waals surface area contributed by atoms with E-state index >= 15 is 0 Å². The highest BCUT2D eigenvalue weighted by molar-refractivity contribution is 6.33. The van der Waals surface area contributed by atoms with Crippen LogP contribution >= 0.6 is 0 Å².